The molecule has 2 heterocycles. The summed E-state index contributed by atoms with van der Waals surface area (Å²) in [5, 5.41) is 6.83. The third-order valence-electron chi connectivity index (χ3n) is 4.19. The maximum atomic E-state index is 12.4. The molecule has 0 radical (unpaired) electrons. The molecule has 0 unspecified atom stereocenters. The van der Waals surface area contributed by atoms with Gasteiger partial charge in [0.25, 0.3) is 11.5 Å². The zero-order valence-electron chi connectivity index (χ0n) is 14.1. The number of amides is 2. The van der Waals surface area contributed by atoms with Crippen LogP contribution in [0.1, 0.15) is 28.9 Å². The number of carbonyl (C=O) groups is 2. The molecular formula is C18H20N4O3. The zero-order chi connectivity index (χ0) is 17.8. The lowest BCUT2D eigenvalue weighted by Gasteiger charge is -2.15. The molecule has 1 saturated heterocycles. The van der Waals surface area contributed by atoms with Gasteiger partial charge in [0, 0.05) is 24.8 Å². The van der Waals surface area contributed by atoms with Crippen LogP contribution < -0.4 is 10.9 Å². The molecule has 7 heteroatoms. The Kier molecular flexibility index (Phi) is 4.92. The fourth-order valence-corrected chi connectivity index (χ4v) is 2.80. The number of carbonyl (C=O) groups excluding carboxylic acids is 2. The van der Waals surface area contributed by atoms with E-state index in [4.69, 9.17) is 0 Å². The van der Waals surface area contributed by atoms with Crippen molar-refractivity contribution in [3.05, 3.63) is 58.0 Å². The van der Waals surface area contributed by atoms with E-state index in [1.165, 1.54) is 12.1 Å². The van der Waals surface area contributed by atoms with Crippen LogP contribution in [0.5, 0.6) is 0 Å². The number of rotatable bonds is 4. The predicted molar refractivity (Wildman–Crippen MR) is 93.4 cm³/mol. The Hall–Kier alpha value is -2.96. The number of anilines is 1. The van der Waals surface area contributed by atoms with Crippen molar-refractivity contribution in [2.24, 2.45) is 0 Å². The molecule has 0 bridgehead atoms. The van der Waals surface area contributed by atoms with Crippen LogP contribution in [-0.4, -0.2) is 39.6 Å². The minimum Gasteiger partial charge on any atom is -0.337 e. The van der Waals surface area contributed by atoms with Crippen molar-refractivity contribution in [3.8, 4) is 0 Å². The van der Waals surface area contributed by atoms with Crippen LogP contribution in [0.15, 0.2) is 41.2 Å². The minimum absolute atomic E-state index is 0.185. The van der Waals surface area contributed by atoms with Crippen LogP contribution in [0.25, 0.3) is 0 Å². The van der Waals surface area contributed by atoms with E-state index in [1.807, 2.05) is 25.1 Å². The summed E-state index contributed by atoms with van der Waals surface area (Å²) in [6.45, 7) is 3.05. The maximum Gasteiger partial charge on any atom is 0.274 e. The number of hydrogen-bond acceptors (Lipinski definition) is 4. The summed E-state index contributed by atoms with van der Waals surface area (Å²) in [4.78, 5) is 38.3. The molecule has 1 N–H and O–H groups in total. The quantitative estimate of drug-likeness (QED) is 0.912. The summed E-state index contributed by atoms with van der Waals surface area (Å²) in [6.07, 6.45) is 1.95. The van der Waals surface area contributed by atoms with Gasteiger partial charge >= 0.3 is 0 Å². The standard InChI is InChI=1S/C18H20N4O3/c1-13-6-2-3-7-14(13)19-16(23)12-22-17(24)9-8-15(20-22)18(25)21-10-4-5-11-21/h2-3,6-9H,4-5,10-12H2,1H3,(H,19,23). The molecule has 1 aromatic carbocycles. The number of para-hydroxylation sites is 1. The fraction of sp³-hybridized carbons (Fsp3) is 0.333. The Bertz CT molecular complexity index is 853. The van der Waals surface area contributed by atoms with Crippen LogP contribution in [0.3, 0.4) is 0 Å². The van der Waals surface area contributed by atoms with Crippen molar-refractivity contribution < 1.29 is 9.59 Å². The first-order valence-corrected chi connectivity index (χ1v) is 8.27. The maximum absolute atomic E-state index is 12.4. The van der Waals surface area contributed by atoms with E-state index in [0.717, 1.165) is 23.1 Å². The number of hydrogen-bond donors (Lipinski definition) is 1. The number of nitrogens with zero attached hydrogens (tertiary/aromatic N) is 3. The van der Waals surface area contributed by atoms with Gasteiger partial charge in [0.15, 0.2) is 0 Å². The highest BCUT2D eigenvalue weighted by molar-refractivity contribution is 5.93. The van der Waals surface area contributed by atoms with Gasteiger partial charge in [0.1, 0.15) is 12.2 Å². The van der Waals surface area contributed by atoms with Gasteiger partial charge in [-0.3, -0.25) is 14.4 Å². The highest BCUT2D eigenvalue weighted by Crippen LogP contribution is 2.13. The Balaban J connectivity index is 1.74. The summed E-state index contributed by atoms with van der Waals surface area (Å²) >= 11 is 0. The van der Waals surface area contributed by atoms with Gasteiger partial charge in [-0.05, 0) is 37.5 Å². The van der Waals surface area contributed by atoms with E-state index in [0.29, 0.717) is 18.8 Å². The van der Waals surface area contributed by atoms with Crippen LogP contribution in [0.2, 0.25) is 0 Å². The second-order valence-electron chi connectivity index (χ2n) is 6.08. The van der Waals surface area contributed by atoms with Gasteiger partial charge < -0.3 is 10.2 Å². The normalized spacial score (nSPS) is 13.7. The number of aromatic nitrogens is 2. The molecule has 1 fully saturated rings. The lowest BCUT2D eigenvalue weighted by molar-refractivity contribution is -0.117. The molecular weight excluding hydrogens is 320 g/mol. The molecule has 1 aliphatic rings. The summed E-state index contributed by atoms with van der Waals surface area (Å²) in [7, 11) is 0. The molecule has 2 amide bonds. The number of nitrogens with one attached hydrogen (secondary N) is 1. The van der Waals surface area contributed by atoms with E-state index < -0.39 is 5.56 Å². The molecule has 0 aliphatic carbocycles. The second-order valence-corrected chi connectivity index (χ2v) is 6.08. The predicted octanol–water partition coefficient (Wildman–Crippen LogP) is 1.43. The Labute approximate surface area is 145 Å². The molecule has 0 spiro atoms. The summed E-state index contributed by atoms with van der Waals surface area (Å²) < 4.78 is 1.02. The van der Waals surface area contributed by atoms with E-state index in [-0.39, 0.29) is 24.1 Å². The third-order valence-corrected chi connectivity index (χ3v) is 4.19. The topological polar surface area (TPSA) is 84.3 Å². The van der Waals surface area contributed by atoms with Crippen LogP contribution in [0, 0.1) is 6.92 Å². The molecule has 25 heavy (non-hydrogen) atoms. The van der Waals surface area contributed by atoms with Crippen LogP contribution in [0.4, 0.5) is 5.69 Å². The Morgan fingerprint density at radius 3 is 2.56 bits per heavy atom. The van der Waals surface area contributed by atoms with Crippen molar-refractivity contribution in [1.29, 1.82) is 0 Å². The van der Waals surface area contributed by atoms with Gasteiger partial charge in [-0.1, -0.05) is 18.2 Å². The van der Waals surface area contributed by atoms with Gasteiger partial charge in [-0.25, -0.2) is 4.68 Å². The molecule has 1 aliphatic heterocycles. The van der Waals surface area contributed by atoms with E-state index in [2.05, 4.69) is 10.4 Å². The monoisotopic (exact) mass is 340 g/mol. The Morgan fingerprint density at radius 2 is 1.84 bits per heavy atom. The molecule has 0 saturated carbocycles. The molecule has 130 valence electrons. The molecule has 3 rings (SSSR count). The number of likely N-dealkylation sites (tertiary alicyclic amines) is 1. The first-order chi connectivity index (χ1) is 12.0. The smallest absolute Gasteiger partial charge is 0.274 e. The largest absolute Gasteiger partial charge is 0.337 e. The minimum atomic E-state index is -0.419. The average Bonchev–Trinajstić information content (AvgIpc) is 3.13. The first kappa shape index (κ1) is 16.9. The number of benzene rings is 1. The number of aryl methyl sites for hydroxylation is 1. The highest BCUT2D eigenvalue weighted by atomic mass is 16.2. The third kappa shape index (κ3) is 3.93. The van der Waals surface area contributed by atoms with Crippen molar-refractivity contribution in [1.82, 2.24) is 14.7 Å². The lowest BCUT2D eigenvalue weighted by atomic mass is 10.2. The van der Waals surface area contributed by atoms with Crippen molar-refractivity contribution >= 4 is 17.5 Å². The summed E-state index contributed by atoms with van der Waals surface area (Å²) in [5.41, 5.74) is 1.38. The van der Waals surface area contributed by atoms with E-state index in [1.54, 1.807) is 11.0 Å². The van der Waals surface area contributed by atoms with E-state index in [9.17, 15) is 14.4 Å². The van der Waals surface area contributed by atoms with Gasteiger partial charge in [-0.15, -0.1) is 0 Å². The van der Waals surface area contributed by atoms with Crippen molar-refractivity contribution in [2.75, 3.05) is 18.4 Å². The average molecular weight is 340 g/mol. The van der Waals surface area contributed by atoms with E-state index >= 15 is 0 Å². The van der Waals surface area contributed by atoms with Gasteiger partial charge in [-0.2, -0.15) is 5.10 Å². The van der Waals surface area contributed by atoms with Crippen molar-refractivity contribution in [2.45, 2.75) is 26.3 Å². The highest BCUT2D eigenvalue weighted by Gasteiger charge is 2.21. The van der Waals surface area contributed by atoms with Gasteiger partial charge in [0.2, 0.25) is 5.91 Å². The lowest BCUT2D eigenvalue weighted by Crippen LogP contribution is -2.34. The molecule has 2 aromatic rings. The van der Waals surface area contributed by atoms with Crippen molar-refractivity contribution in [3.63, 3.8) is 0 Å². The second kappa shape index (κ2) is 7.29. The first-order valence-electron chi connectivity index (χ1n) is 8.27. The van der Waals surface area contributed by atoms with Crippen LogP contribution in [-0.2, 0) is 11.3 Å². The zero-order valence-corrected chi connectivity index (χ0v) is 14.1. The molecule has 0 atom stereocenters. The SMILES string of the molecule is Cc1ccccc1NC(=O)Cn1nc(C(=O)N2CCCC2)ccc1=O. The molecule has 1 aromatic heterocycles. The van der Waals surface area contributed by atoms with Crippen LogP contribution >= 0.6 is 0 Å². The molecule has 7 nitrogen and oxygen atoms in total. The Morgan fingerprint density at radius 1 is 1.12 bits per heavy atom. The fourth-order valence-electron chi connectivity index (χ4n) is 2.80. The summed E-state index contributed by atoms with van der Waals surface area (Å²) in [5.74, 6) is -0.569. The van der Waals surface area contributed by atoms with Gasteiger partial charge in [0.05, 0.1) is 0 Å². The summed E-state index contributed by atoms with van der Waals surface area (Å²) in [6, 6.07) is 10.1.